The van der Waals surface area contributed by atoms with E-state index in [1.165, 1.54) is 0 Å². The van der Waals surface area contributed by atoms with Crippen LogP contribution in [0.5, 0.6) is 5.75 Å². The molecule has 1 aromatic carbocycles. The Hall–Kier alpha value is -1.02. The van der Waals surface area contributed by atoms with Gasteiger partial charge in [0.15, 0.2) is 0 Å². The third-order valence-electron chi connectivity index (χ3n) is 1.93. The average Bonchev–Trinajstić information content (AvgIpc) is 2.05. The van der Waals surface area contributed by atoms with Gasteiger partial charge in [-0.2, -0.15) is 0 Å². The lowest BCUT2D eigenvalue weighted by molar-refractivity contribution is 0.274. The minimum absolute atomic E-state index is 0.0813. The Labute approximate surface area is 72.5 Å². The number of hydrogen-bond donors (Lipinski definition) is 2. The first kappa shape index (κ1) is 9.07. The molecule has 0 aromatic heterocycles. The maximum absolute atomic E-state index is 9.36. The predicted octanol–water partition coefficient (Wildman–Crippen LogP) is 1.84. The SMILES string of the molecule is CCCc1cccc(O)c1CO. The lowest BCUT2D eigenvalue weighted by Crippen LogP contribution is -1.93. The van der Waals surface area contributed by atoms with Crippen LogP contribution < -0.4 is 0 Å². The van der Waals surface area contributed by atoms with E-state index in [1.807, 2.05) is 6.07 Å². The molecule has 0 aliphatic carbocycles. The molecule has 66 valence electrons. The van der Waals surface area contributed by atoms with Crippen molar-refractivity contribution >= 4 is 0 Å². The summed E-state index contributed by atoms with van der Waals surface area (Å²) in [6.07, 6.45) is 1.93. The second-order valence-electron chi connectivity index (χ2n) is 2.82. The van der Waals surface area contributed by atoms with Crippen LogP contribution in [0.15, 0.2) is 18.2 Å². The van der Waals surface area contributed by atoms with Gasteiger partial charge in [0.1, 0.15) is 5.75 Å². The van der Waals surface area contributed by atoms with Crippen LogP contribution in [-0.2, 0) is 13.0 Å². The molecule has 0 atom stereocenters. The number of rotatable bonds is 3. The number of phenols is 1. The van der Waals surface area contributed by atoms with Crippen molar-refractivity contribution < 1.29 is 10.2 Å². The highest BCUT2D eigenvalue weighted by atomic mass is 16.3. The van der Waals surface area contributed by atoms with Crippen molar-refractivity contribution in [2.45, 2.75) is 26.4 Å². The summed E-state index contributed by atoms with van der Waals surface area (Å²) in [6, 6.07) is 5.35. The zero-order chi connectivity index (χ0) is 8.97. The van der Waals surface area contributed by atoms with E-state index >= 15 is 0 Å². The Morgan fingerprint density at radius 1 is 1.33 bits per heavy atom. The number of aryl methyl sites for hydroxylation is 1. The van der Waals surface area contributed by atoms with E-state index in [0.29, 0.717) is 5.56 Å². The largest absolute Gasteiger partial charge is 0.508 e. The summed E-state index contributed by atoms with van der Waals surface area (Å²) in [4.78, 5) is 0. The lowest BCUT2D eigenvalue weighted by atomic mass is 10.0. The Morgan fingerprint density at radius 2 is 2.08 bits per heavy atom. The van der Waals surface area contributed by atoms with Gasteiger partial charge < -0.3 is 10.2 Å². The number of benzene rings is 1. The van der Waals surface area contributed by atoms with Gasteiger partial charge in [0, 0.05) is 5.56 Å². The van der Waals surface area contributed by atoms with Crippen LogP contribution in [0, 0.1) is 0 Å². The average molecular weight is 166 g/mol. The van der Waals surface area contributed by atoms with Crippen molar-refractivity contribution in [2.24, 2.45) is 0 Å². The van der Waals surface area contributed by atoms with Crippen molar-refractivity contribution in [1.29, 1.82) is 0 Å². The van der Waals surface area contributed by atoms with Crippen molar-refractivity contribution in [3.05, 3.63) is 29.3 Å². The van der Waals surface area contributed by atoms with Crippen molar-refractivity contribution in [2.75, 3.05) is 0 Å². The molecular weight excluding hydrogens is 152 g/mol. The van der Waals surface area contributed by atoms with Gasteiger partial charge in [-0.15, -0.1) is 0 Å². The Morgan fingerprint density at radius 3 is 2.67 bits per heavy atom. The number of aliphatic hydroxyl groups excluding tert-OH is 1. The molecular formula is C10H14O2. The normalized spacial score (nSPS) is 10.2. The zero-order valence-electron chi connectivity index (χ0n) is 7.25. The van der Waals surface area contributed by atoms with Crippen LogP contribution in [0.1, 0.15) is 24.5 Å². The van der Waals surface area contributed by atoms with Crippen molar-refractivity contribution in [1.82, 2.24) is 0 Å². The summed E-state index contributed by atoms with van der Waals surface area (Å²) >= 11 is 0. The molecule has 2 heteroatoms. The summed E-state index contributed by atoms with van der Waals surface area (Å²) in [6.45, 7) is 1.99. The van der Waals surface area contributed by atoms with E-state index in [9.17, 15) is 5.11 Å². The molecule has 0 saturated carbocycles. The molecule has 0 spiro atoms. The molecule has 0 amide bonds. The van der Waals surface area contributed by atoms with E-state index in [2.05, 4.69) is 6.92 Å². The smallest absolute Gasteiger partial charge is 0.121 e. The first-order valence-corrected chi connectivity index (χ1v) is 4.20. The third kappa shape index (κ3) is 1.77. The molecule has 0 aliphatic heterocycles. The Kier molecular flexibility index (Phi) is 3.11. The van der Waals surface area contributed by atoms with E-state index in [0.717, 1.165) is 18.4 Å². The Bertz CT molecular complexity index is 256. The number of hydrogen-bond acceptors (Lipinski definition) is 2. The molecule has 0 aliphatic rings. The maximum Gasteiger partial charge on any atom is 0.121 e. The van der Waals surface area contributed by atoms with Crippen LogP contribution in [0.25, 0.3) is 0 Å². The van der Waals surface area contributed by atoms with E-state index in [-0.39, 0.29) is 12.4 Å². The molecule has 0 heterocycles. The second kappa shape index (κ2) is 4.12. The highest BCUT2D eigenvalue weighted by Gasteiger charge is 2.04. The van der Waals surface area contributed by atoms with E-state index in [4.69, 9.17) is 5.11 Å². The topological polar surface area (TPSA) is 40.5 Å². The Balaban J connectivity index is 3.00. The fourth-order valence-corrected chi connectivity index (χ4v) is 1.31. The van der Waals surface area contributed by atoms with Gasteiger partial charge in [-0.05, 0) is 18.1 Å². The van der Waals surface area contributed by atoms with Gasteiger partial charge in [-0.1, -0.05) is 25.5 Å². The van der Waals surface area contributed by atoms with Crippen LogP contribution in [-0.4, -0.2) is 10.2 Å². The van der Waals surface area contributed by atoms with Gasteiger partial charge in [0.25, 0.3) is 0 Å². The number of aliphatic hydroxyl groups is 1. The summed E-state index contributed by atoms with van der Waals surface area (Å²) in [5, 5.41) is 18.3. The zero-order valence-corrected chi connectivity index (χ0v) is 7.25. The fraction of sp³-hybridized carbons (Fsp3) is 0.400. The van der Waals surface area contributed by atoms with Gasteiger partial charge in [0.2, 0.25) is 0 Å². The van der Waals surface area contributed by atoms with Crippen LogP contribution in [0.3, 0.4) is 0 Å². The van der Waals surface area contributed by atoms with Crippen molar-refractivity contribution in [3.63, 3.8) is 0 Å². The van der Waals surface area contributed by atoms with E-state index in [1.54, 1.807) is 12.1 Å². The van der Waals surface area contributed by atoms with Gasteiger partial charge >= 0.3 is 0 Å². The molecule has 0 saturated heterocycles. The second-order valence-corrected chi connectivity index (χ2v) is 2.82. The molecule has 12 heavy (non-hydrogen) atoms. The van der Waals surface area contributed by atoms with Crippen molar-refractivity contribution in [3.8, 4) is 5.75 Å². The minimum Gasteiger partial charge on any atom is -0.508 e. The van der Waals surface area contributed by atoms with Crippen LogP contribution >= 0.6 is 0 Å². The van der Waals surface area contributed by atoms with Gasteiger partial charge in [0.05, 0.1) is 6.61 Å². The quantitative estimate of drug-likeness (QED) is 0.719. The molecule has 0 bridgehead atoms. The first-order chi connectivity index (χ1) is 5.79. The molecule has 0 fully saturated rings. The van der Waals surface area contributed by atoms with Gasteiger partial charge in [-0.25, -0.2) is 0 Å². The summed E-state index contributed by atoms with van der Waals surface area (Å²) in [5.41, 5.74) is 1.71. The van der Waals surface area contributed by atoms with Crippen LogP contribution in [0.4, 0.5) is 0 Å². The summed E-state index contributed by atoms with van der Waals surface area (Å²) < 4.78 is 0. The highest BCUT2D eigenvalue weighted by Crippen LogP contribution is 2.21. The molecule has 1 aromatic rings. The summed E-state index contributed by atoms with van der Waals surface area (Å²) in [5.74, 6) is 0.198. The highest BCUT2D eigenvalue weighted by molar-refractivity contribution is 5.38. The maximum atomic E-state index is 9.36. The minimum atomic E-state index is -0.0813. The molecule has 2 nitrogen and oxygen atoms in total. The standard InChI is InChI=1S/C10H14O2/c1-2-4-8-5-3-6-10(12)9(8)7-11/h3,5-6,11-12H,2,4,7H2,1H3. The molecule has 0 unspecified atom stereocenters. The van der Waals surface area contributed by atoms with E-state index < -0.39 is 0 Å². The lowest BCUT2D eigenvalue weighted by Gasteiger charge is -2.07. The van der Waals surface area contributed by atoms with Crippen LogP contribution in [0.2, 0.25) is 0 Å². The monoisotopic (exact) mass is 166 g/mol. The predicted molar refractivity (Wildman–Crippen MR) is 48.0 cm³/mol. The molecule has 0 radical (unpaired) electrons. The number of aromatic hydroxyl groups is 1. The van der Waals surface area contributed by atoms with Gasteiger partial charge in [-0.3, -0.25) is 0 Å². The molecule has 2 N–H and O–H groups in total. The fourth-order valence-electron chi connectivity index (χ4n) is 1.31. The first-order valence-electron chi connectivity index (χ1n) is 4.20. The molecule has 1 rings (SSSR count). The third-order valence-corrected chi connectivity index (χ3v) is 1.93. The summed E-state index contributed by atoms with van der Waals surface area (Å²) in [7, 11) is 0.